The van der Waals surface area contributed by atoms with Gasteiger partial charge in [0, 0.05) is 23.1 Å². The number of halogens is 1. The maximum Gasteiger partial charge on any atom is 0.0499 e. The molecule has 0 radical (unpaired) electrons. The van der Waals surface area contributed by atoms with E-state index in [0.29, 0.717) is 6.04 Å². The van der Waals surface area contributed by atoms with Gasteiger partial charge < -0.3 is 10.6 Å². The smallest absolute Gasteiger partial charge is 0.0499 e. The van der Waals surface area contributed by atoms with Crippen molar-refractivity contribution < 1.29 is 0 Å². The lowest BCUT2D eigenvalue weighted by molar-refractivity contribution is 0.170. The van der Waals surface area contributed by atoms with Crippen LogP contribution in [0.4, 0.5) is 0 Å². The Bertz CT molecular complexity index is 409. The lowest BCUT2D eigenvalue weighted by Gasteiger charge is -2.35. The predicted octanol–water partition coefficient (Wildman–Crippen LogP) is 3.50. The summed E-state index contributed by atoms with van der Waals surface area (Å²) in [5.41, 5.74) is 7.75. The molecule has 120 valence electrons. The highest BCUT2D eigenvalue weighted by atomic mass is 79.9. The Hall–Kier alpha value is -0.420. The Morgan fingerprint density at radius 1 is 1.19 bits per heavy atom. The third kappa shape index (κ3) is 6.07. The molecule has 0 saturated heterocycles. The van der Waals surface area contributed by atoms with E-state index in [-0.39, 0.29) is 6.04 Å². The van der Waals surface area contributed by atoms with Crippen molar-refractivity contribution in [2.24, 2.45) is 5.73 Å². The van der Waals surface area contributed by atoms with E-state index in [9.17, 15) is 0 Å². The highest BCUT2D eigenvalue weighted by molar-refractivity contribution is 9.10. The lowest BCUT2D eigenvalue weighted by Crippen LogP contribution is -2.41. The first-order chi connectivity index (χ1) is 9.99. The Kier molecular flexibility index (Phi) is 8.49. The average Bonchev–Trinajstić information content (AvgIpc) is 2.45. The number of nitrogens with two attached hydrogens (primary N) is 1. The normalized spacial score (nSPS) is 14.7. The fraction of sp³-hybridized carbons (Fsp3) is 0.647. The lowest BCUT2D eigenvalue weighted by atomic mass is 9.96. The first-order valence-electron chi connectivity index (χ1n) is 7.89. The standard InChI is InChI=1S/C17H30BrN3/c1-5-16(19)17(14-9-7-10-15(18)13-14)21(6-2)12-8-11-20(3)4/h7,9-10,13,16-17H,5-6,8,11-12,19H2,1-4H3. The summed E-state index contributed by atoms with van der Waals surface area (Å²) < 4.78 is 1.12. The number of rotatable bonds is 9. The van der Waals surface area contributed by atoms with Gasteiger partial charge in [-0.15, -0.1) is 0 Å². The molecule has 0 aliphatic carbocycles. The van der Waals surface area contributed by atoms with Crippen LogP contribution < -0.4 is 5.73 Å². The Morgan fingerprint density at radius 3 is 2.43 bits per heavy atom. The molecule has 21 heavy (non-hydrogen) atoms. The largest absolute Gasteiger partial charge is 0.326 e. The quantitative estimate of drug-likeness (QED) is 0.735. The van der Waals surface area contributed by atoms with Crippen molar-refractivity contribution in [3.05, 3.63) is 34.3 Å². The van der Waals surface area contributed by atoms with Crippen molar-refractivity contribution in [1.82, 2.24) is 9.80 Å². The SMILES string of the molecule is CCC(N)C(c1cccc(Br)c1)N(CC)CCCN(C)C. The molecule has 0 aromatic heterocycles. The fourth-order valence-electron chi connectivity index (χ4n) is 2.73. The zero-order valence-electron chi connectivity index (χ0n) is 13.8. The second kappa shape index (κ2) is 9.57. The van der Waals surface area contributed by atoms with Gasteiger partial charge in [-0.1, -0.05) is 41.9 Å². The van der Waals surface area contributed by atoms with E-state index >= 15 is 0 Å². The van der Waals surface area contributed by atoms with Crippen LogP contribution >= 0.6 is 15.9 Å². The zero-order valence-corrected chi connectivity index (χ0v) is 15.4. The number of benzene rings is 1. The van der Waals surface area contributed by atoms with Crippen LogP contribution in [0.3, 0.4) is 0 Å². The second-order valence-electron chi connectivity index (χ2n) is 5.86. The minimum absolute atomic E-state index is 0.165. The van der Waals surface area contributed by atoms with E-state index in [0.717, 1.165) is 30.5 Å². The summed E-state index contributed by atoms with van der Waals surface area (Å²) in [6.07, 6.45) is 2.16. The van der Waals surface area contributed by atoms with Gasteiger partial charge in [0.25, 0.3) is 0 Å². The van der Waals surface area contributed by atoms with Crippen LogP contribution in [0.2, 0.25) is 0 Å². The Morgan fingerprint density at radius 2 is 1.90 bits per heavy atom. The van der Waals surface area contributed by atoms with E-state index in [2.05, 4.69) is 77.9 Å². The third-order valence-corrected chi connectivity index (χ3v) is 4.41. The van der Waals surface area contributed by atoms with Gasteiger partial charge in [0.15, 0.2) is 0 Å². The number of nitrogens with zero attached hydrogens (tertiary/aromatic N) is 2. The first-order valence-corrected chi connectivity index (χ1v) is 8.68. The van der Waals surface area contributed by atoms with Gasteiger partial charge in [0.2, 0.25) is 0 Å². The first kappa shape index (κ1) is 18.6. The van der Waals surface area contributed by atoms with Gasteiger partial charge in [-0.25, -0.2) is 0 Å². The maximum absolute atomic E-state index is 6.44. The molecule has 0 saturated carbocycles. The van der Waals surface area contributed by atoms with E-state index in [1.54, 1.807) is 0 Å². The summed E-state index contributed by atoms with van der Waals surface area (Å²) in [6.45, 7) is 7.62. The molecule has 2 atom stereocenters. The Labute approximate surface area is 138 Å². The van der Waals surface area contributed by atoms with Crippen molar-refractivity contribution in [1.29, 1.82) is 0 Å². The summed E-state index contributed by atoms with van der Waals surface area (Å²) in [4.78, 5) is 4.75. The summed E-state index contributed by atoms with van der Waals surface area (Å²) in [5.74, 6) is 0. The molecule has 0 aliphatic heterocycles. The van der Waals surface area contributed by atoms with Crippen molar-refractivity contribution >= 4 is 15.9 Å². The molecule has 0 spiro atoms. The van der Waals surface area contributed by atoms with E-state index in [1.165, 1.54) is 12.0 Å². The predicted molar refractivity (Wildman–Crippen MR) is 95.6 cm³/mol. The molecule has 0 heterocycles. The van der Waals surface area contributed by atoms with E-state index in [4.69, 9.17) is 5.73 Å². The van der Waals surface area contributed by atoms with Crippen molar-refractivity contribution in [2.45, 2.75) is 38.8 Å². The average molecular weight is 356 g/mol. The highest BCUT2D eigenvalue weighted by Gasteiger charge is 2.24. The summed E-state index contributed by atoms with van der Waals surface area (Å²) in [7, 11) is 4.25. The second-order valence-corrected chi connectivity index (χ2v) is 6.77. The summed E-state index contributed by atoms with van der Waals surface area (Å²) in [6, 6.07) is 9.02. The van der Waals surface area contributed by atoms with E-state index in [1.807, 2.05) is 0 Å². The van der Waals surface area contributed by atoms with Gasteiger partial charge in [-0.3, -0.25) is 4.90 Å². The molecular formula is C17H30BrN3. The van der Waals surface area contributed by atoms with Crippen LogP contribution in [0.1, 0.15) is 38.3 Å². The fourth-order valence-corrected chi connectivity index (χ4v) is 3.14. The molecule has 0 amide bonds. The van der Waals surface area contributed by atoms with Gasteiger partial charge in [0.05, 0.1) is 0 Å². The summed E-state index contributed by atoms with van der Waals surface area (Å²) in [5, 5.41) is 0. The van der Waals surface area contributed by atoms with E-state index < -0.39 is 0 Å². The van der Waals surface area contributed by atoms with Crippen LogP contribution in [0.5, 0.6) is 0 Å². The van der Waals surface area contributed by atoms with Crippen LogP contribution in [-0.2, 0) is 0 Å². The molecule has 1 aromatic rings. The Balaban J connectivity index is 2.88. The number of hydrogen-bond donors (Lipinski definition) is 1. The summed E-state index contributed by atoms with van der Waals surface area (Å²) >= 11 is 3.58. The minimum atomic E-state index is 0.165. The van der Waals surface area contributed by atoms with Gasteiger partial charge in [-0.2, -0.15) is 0 Å². The number of hydrogen-bond acceptors (Lipinski definition) is 3. The van der Waals surface area contributed by atoms with Crippen LogP contribution in [0, 0.1) is 0 Å². The van der Waals surface area contributed by atoms with Crippen molar-refractivity contribution in [3.8, 4) is 0 Å². The minimum Gasteiger partial charge on any atom is -0.326 e. The zero-order chi connectivity index (χ0) is 15.8. The van der Waals surface area contributed by atoms with Crippen molar-refractivity contribution in [2.75, 3.05) is 33.7 Å². The highest BCUT2D eigenvalue weighted by Crippen LogP contribution is 2.27. The molecule has 1 rings (SSSR count). The monoisotopic (exact) mass is 355 g/mol. The topological polar surface area (TPSA) is 32.5 Å². The number of likely N-dealkylation sites (N-methyl/N-ethyl adjacent to an activating group) is 1. The van der Waals surface area contributed by atoms with Gasteiger partial charge >= 0.3 is 0 Å². The van der Waals surface area contributed by atoms with Crippen LogP contribution in [0.25, 0.3) is 0 Å². The maximum atomic E-state index is 6.44. The molecule has 2 unspecified atom stereocenters. The van der Waals surface area contributed by atoms with Crippen LogP contribution in [0.15, 0.2) is 28.7 Å². The molecule has 0 aliphatic rings. The molecule has 0 bridgehead atoms. The van der Waals surface area contributed by atoms with Gasteiger partial charge in [0.1, 0.15) is 0 Å². The molecular weight excluding hydrogens is 326 g/mol. The third-order valence-electron chi connectivity index (χ3n) is 3.92. The molecule has 1 aromatic carbocycles. The van der Waals surface area contributed by atoms with Crippen LogP contribution in [-0.4, -0.2) is 49.6 Å². The van der Waals surface area contributed by atoms with Crippen molar-refractivity contribution in [3.63, 3.8) is 0 Å². The molecule has 0 fully saturated rings. The molecule has 2 N–H and O–H groups in total. The van der Waals surface area contributed by atoms with Gasteiger partial charge in [-0.05, 0) is 57.7 Å². The molecule has 4 heteroatoms. The molecule has 3 nitrogen and oxygen atoms in total.